The molecule has 118 valence electrons. The number of rotatable bonds is 3. The molecule has 21 heavy (non-hydrogen) atoms. The summed E-state index contributed by atoms with van der Waals surface area (Å²) in [5, 5.41) is 0. The highest BCUT2D eigenvalue weighted by molar-refractivity contribution is 5.94. The molecule has 0 spiro atoms. The van der Waals surface area contributed by atoms with Gasteiger partial charge >= 0.3 is 18.5 Å². The first kappa shape index (κ1) is 16.9. The van der Waals surface area contributed by atoms with E-state index < -0.39 is 47.6 Å². The summed E-state index contributed by atoms with van der Waals surface area (Å²) in [6.45, 7) is 0.816. The Hall–Kier alpha value is -2.20. The number of esters is 1. The first-order valence-electron chi connectivity index (χ1n) is 5.23. The van der Waals surface area contributed by atoms with Crippen LogP contribution in [0.1, 0.15) is 22.8 Å². The van der Waals surface area contributed by atoms with Crippen molar-refractivity contribution in [1.82, 2.24) is 4.98 Å². The molecule has 0 fully saturated rings. The van der Waals surface area contributed by atoms with E-state index in [1.54, 1.807) is 0 Å². The maximum atomic E-state index is 12.7. The van der Waals surface area contributed by atoms with Gasteiger partial charge in [0, 0.05) is 6.20 Å². The highest BCUT2D eigenvalue weighted by Gasteiger charge is 2.42. The van der Waals surface area contributed by atoms with Crippen molar-refractivity contribution in [2.75, 3.05) is 6.61 Å². The summed E-state index contributed by atoms with van der Waals surface area (Å²) >= 11 is 0. The van der Waals surface area contributed by atoms with Crippen molar-refractivity contribution in [2.45, 2.75) is 19.5 Å². The van der Waals surface area contributed by atoms with Crippen LogP contribution in [-0.2, 0) is 10.9 Å². The molecule has 1 aromatic heterocycles. The highest BCUT2D eigenvalue weighted by atomic mass is 19.4. The third kappa shape index (κ3) is 4.13. The zero-order valence-corrected chi connectivity index (χ0v) is 10.2. The smallest absolute Gasteiger partial charge is 0.462 e. The number of H-pyrrole nitrogens is 1. The Morgan fingerprint density at radius 1 is 1.24 bits per heavy atom. The van der Waals surface area contributed by atoms with Gasteiger partial charge in [0.2, 0.25) is 5.75 Å². The van der Waals surface area contributed by atoms with E-state index >= 15 is 0 Å². The second kappa shape index (κ2) is 5.66. The highest BCUT2D eigenvalue weighted by Crippen LogP contribution is 2.35. The van der Waals surface area contributed by atoms with Crippen LogP contribution in [0.4, 0.5) is 26.3 Å². The predicted molar refractivity (Wildman–Crippen MR) is 54.7 cm³/mol. The van der Waals surface area contributed by atoms with Crippen LogP contribution in [0.2, 0.25) is 0 Å². The van der Waals surface area contributed by atoms with Crippen LogP contribution in [0.15, 0.2) is 11.0 Å². The zero-order valence-electron chi connectivity index (χ0n) is 10.2. The van der Waals surface area contributed by atoms with E-state index in [4.69, 9.17) is 0 Å². The molecule has 0 radical (unpaired) electrons. The predicted octanol–water partition coefficient (Wildman–Crippen LogP) is 2.47. The van der Waals surface area contributed by atoms with Crippen molar-refractivity contribution in [3.05, 3.63) is 27.7 Å². The quantitative estimate of drug-likeness (QED) is 0.686. The molecule has 1 rings (SSSR count). The third-order valence-corrected chi connectivity index (χ3v) is 2.05. The number of halogens is 6. The van der Waals surface area contributed by atoms with Crippen LogP contribution >= 0.6 is 0 Å². The van der Waals surface area contributed by atoms with E-state index in [-0.39, 0.29) is 6.20 Å². The van der Waals surface area contributed by atoms with E-state index in [0.717, 1.165) is 0 Å². The molecule has 0 saturated heterocycles. The van der Waals surface area contributed by atoms with E-state index in [0.29, 0.717) is 0 Å². The minimum absolute atomic E-state index is 0.0673. The van der Waals surface area contributed by atoms with Crippen molar-refractivity contribution in [1.29, 1.82) is 0 Å². The lowest BCUT2D eigenvalue weighted by atomic mass is 10.1. The van der Waals surface area contributed by atoms with Gasteiger partial charge < -0.3 is 14.5 Å². The number of hydrogen-bond acceptors (Lipinski definition) is 4. The van der Waals surface area contributed by atoms with Gasteiger partial charge in [0.05, 0.1) is 12.2 Å². The van der Waals surface area contributed by atoms with Crippen molar-refractivity contribution in [3.8, 4) is 5.75 Å². The maximum absolute atomic E-state index is 12.7. The number of ether oxygens (including phenoxy) is 2. The van der Waals surface area contributed by atoms with E-state index in [1.165, 1.54) is 11.9 Å². The third-order valence-electron chi connectivity index (χ3n) is 2.05. The summed E-state index contributed by atoms with van der Waals surface area (Å²) in [6, 6.07) is 0. The number of carbonyl (C=O) groups excluding carboxylic acids is 1. The molecule has 0 unspecified atom stereocenters. The molecule has 1 heterocycles. The van der Waals surface area contributed by atoms with E-state index in [1.807, 2.05) is 0 Å². The van der Waals surface area contributed by atoms with Crippen molar-refractivity contribution in [2.24, 2.45) is 0 Å². The van der Waals surface area contributed by atoms with Gasteiger partial charge in [-0.1, -0.05) is 0 Å². The maximum Gasteiger partial charge on any atom is 0.573 e. The number of aromatic amines is 1. The van der Waals surface area contributed by atoms with Gasteiger partial charge in [0.15, 0.2) is 0 Å². The first-order valence-corrected chi connectivity index (χ1v) is 5.23. The minimum Gasteiger partial charge on any atom is -0.462 e. The van der Waals surface area contributed by atoms with E-state index in [2.05, 4.69) is 9.47 Å². The van der Waals surface area contributed by atoms with Crippen LogP contribution in [0.25, 0.3) is 0 Å². The monoisotopic (exact) mass is 319 g/mol. The van der Waals surface area contributed by atoms with Crippen LogP contribution < -0.4 is 10.3 Å². The summed E-state index contributed by atoms with van der Waals surface area (Å²) < 4.78 is 82.1. The van der Waals surface area contributed by atoms with E-state index in [9.17, 15) is 35.9 Å². The molecule has 0 bridgehead atoms. The molecule has 0 aliphatic heterocycles. The normalized spacial score (nSPS) is 12.1. The molecule has 0 saturated carbocycles. The number of hydrogen-bond donors (Lipinski definition) is 1. The molecular formula is C10H7F6NO4. The number of carbonyl (C=O) groups is 1. The molecule has 0 aliphatic rings. The standard InChI is InChI=1S/C10H7F6NO4/c1-2-20-8(19)5-4(9(11,12)13)3-17-7(18)6(5)21-10(14,15)16/h3H,2H2,1H3,(H,17,18). The van der Waals surface area contributed by atoms with Crippen molar-refractivity contribution >= 4 is 5.97 Å². The van der Waals surface area contributed by atoms with Gasteiger partial charge in [-0.15, -0.1) is 13.2 Å². The summed E-state index contributed by atoms with van der Waals surface area (Å²) in [5.41, 5.74) is -5.09. The van der Waals surface area contributed by atoms with Crippen LogP contribution in [0.3, 0.4) is 0 Å². The van der Waals surface area contributed by atoms with Crippen LogP contribution in [0.5, 0.6) is 5.75 Å². The Morgan fingerprint density at radius 3 is 2.24 bits per heavy atom. The second-order valence-corrected chi connectivity index (χ2v) is 3.50. The lowest BCUT2D eigenvalue weighted by molar-refractivity contribution is -0.275. The fourth-order valence-electron chi connectivity index (χ4n) is 1.35. The second-order valence-electron chi connectivity index (χ2n) is 3.50. The number of aromatic nitrogens is 1. The summed E-state index contributed by atoms with van der Waals surface area (Å²) in [6.07, 6.45) is -10.6. The minimum atomic E-state index is -5.46. The number of nitrogens with one attached hydrogen (secondary N) is 1. The van der Waals surface area contributed by atoms with Crippen molar-refractivity contribution in [3.63, 3.8) is 0 Å². The fraction of sp³-hybridized carbons (Fsp3) is 0.400. The average molecular weight is 319 g/mol. The topological polar surface area (TPSA) is 68.4 Å². The van der Waals surface area contributed by atoms with Gasteiger partial charge in [0.1, 0.15) is 5.56 Å². The molecule has 5 nitrogen and oxygen atoms in total. The Morgan fingerprint density at radius 2 is 1.81 bits per heavy atom. The summed E-state index contributed by atoms with van der Waals surface area (Å²) in [4.78, 5) is 24.1. The fourth-order valence-corrected chi connectivity index (χ4v) is 1.35. The molecule has 11 heteroatoms. The van der Waals surface area contributed by atoms with Gasteiger partial charge in [-0.05, 0) is 6.92 Å². The van der Waals surface area contributed by atoms with Crippen molar-refractivity contribution < 1.29 is 40.6 Å². The van der Waals surface area contributed by atoms with Gasteiger partial charge in [-0.25, -0.2) is 4.79 Å². The lowest BCUT2D eigenvalue weighted by Gasteiger charge is -2.16. The number of pyridine rings is 1. The van der Waals surface area contributed by atoms with Gasteiger partial charge in [-0.2, -0.15) is 13.2 Å². The molecular weight excluding hydrogens is 312 g/mol. The Kier molecular flexibility index (Phi) is 4.54. The Labute approximate surface area is 112 Å². The number of alkyl halides is 6. The van der Waals surface area contributed by atoms with Crippen LogP contribution in [-0.4, -0.2) is 23.9 Å². The first-order chi connectivity index (χ1) is 9.47. The molecule has 0 amide bonds. The Balaban J connectivity index is 3.60. The zero-order chi connectivity index (χ0) is 16.4. The molecule has 1 aromatic rings. The molecule has 0 aromatic carbocycles. The SMILES string of the molecule is CCOC(=O)c1c(C(F)(F)F)c[nH]c(=O)c1OC(F)(F)F. The summed E-state index contributed by atoms with van der Waals surface area (Å²) in [5.74, 6) is -3.58. The molecule has 0 aliphatic carbocycles. The summed E-state index contributed by atoms with van der Waals surface area (Å²) in [7, 11) is 0. The molecule has 0 atom stereocenters. The van der Waals surface area contributed by atoms with Gasteiger partial charge in [0.25, 0.3) is 5.56 Å². The Bertz CT molecular complexity index is 589. The molecule has 1 N–H and O–H groups in total. The van der Waals surface area contributed by atoms with Gasteiger partial charge in [-0.3, -0.25) is 4.79 Å². The average Bonchev–Trinajstić information content (AvgIpc) is 2.28. The lowest BCUT2D eigenvalue weighted by Crippen LogP contribution is -2.28. The largest absolute Gasteiger partial charge is 0.573 e. The van der Waals surface area contributed by atoms with Crippen LogP contribution in [0, 0.1) is 0 Å².